The predicted octanol–water partition coefficient (Wildman–Crippen LogP) is 3.97. The largest absolute Gasteiger partial charge is 0.507 e. The number of benzene rings is 3. The number of nitrogen functional groups attached to an aromatic ring is 1. The van der Waals surface area contributed by atoms with Gasteiger partial charge >= 0.3 is 0 Å². The third kappa shape index (κ3) is 2.94. The van der Waals surface area contributed by atoms with Gasteiger partial charge in [-0.2, -0.15) is 8.42 Å². The number of hydrogen-bond donors (Lipinski definition) is 3. The third-order valence-electron chi connectivity index (χ3n) is 4.35. The van der Waals surface area contributed by atoms with Crippen molar-refractivity contribution in [2.24, 2.45) is 0 Å². The average Bonchev–Trinajstić information content (AvgIpc) is 2.47. The highest BCUT2D eigenvalue weighted by atomic mass is 32.2. The number of nitrogens with two attached hydrogens (primary N) is 1. The van der Waals surface area contributed by atoms with Gasteiger partial charge in [0.05, 0.1) is 10.6 Å². The van der Waals surface area contributed by atoms with Gasteiger partial charge < -0.3 is 10.8 Å². The molecule has 3 aromatic rings. The highest BCUT2D eigenvalue weighted by molar-refractivity contribution is 7.85. The maximum Gasteiger partial charge on any atom is 0.294 e. The molecule has 3 aromatic carbocycles. The molecule has 0 aliphatic carbocycles. The van der Waals surface area contributed by atoms with Crippen LogP contribution in [0, 0.1) is 20.8 Å². The first-order valence-electron chi connectivity index (χ1n) is 7.70. The van der Waals surface area contributed by atoms with Crippen LogP contribution in [0.5, 0.6) is 5.75 Å². The molecule has 0 unspecified atom stereocenters. The van der Waals surface area contributed by atoms with Crippen molar-refractivity contribution in [3.8, 4) is 16.9 Å². The molecule has 4 N–H and O–H groups in total. The lowest BCUT2D eigenvalue weighted by molar-refractivity contribution is 0.471. The van der Waals surface area contributed by atoms with E-state index in [0.717, 1.165) is 33.9 Å². The van der Waals surface area contributed by atoms with Crippen LogP contribution in [0.4, 0.5) is 5.69 Å². The van der Waals surface area contributed by atoms with E-state index in [2.05, 4.69) is 12.1 Å². The van der Waals surface area contributed by atoms with Crippen molar-refractivity contribution in [1.82, 2.24) is 0 Å². The SMILES string of the molecule is Cc1cc(C)c(-c2ccc3cc(S(=O)(=O)O)cc(O)c3c2N)c(C)c1. The Kier molecular flexibility index (Phi) is 3.97. The van der Waals surface area contributed by atoms with E-state index < -0.39 is 10.1 Å². The van der Waals surface area contributed by atoms with Crippen LogP contribution in [-0.2, 0) is 10.1 Å². The summed E-state index contributed by atoms with van der Waals surface area (Å²) in [4.78, 5) is -0.368. The van der Waals surface area contributed by atoms with Gasteiger partial charge in [0, 0.05) is 17.0 Å². The van der Waals surface area contributed by atoms with Crippen LogP contribution in [0.2, 0.25) is 0 Å². The van der Waals surface area contributed by atoms with Gasteiger partial charge in [-0.3, -0.25) is 4.55 Å². The van der Waals surface area contributed by atoms with Gasteiger partial charge in [-0.15, -0.1) is 0 Å². The maximum absolute atomic E-state index is 11.3. The standard InChI is InChI=1S/C19H19NO4S/c1-10-6-11(2)17(12(3)7-10)15-5-4-13-8-14(25(22,23)24)9-16(21)18(13)19(15)20/h4-9,21H,20H2,1-3H3,(H,22,23,24). The molecule has 0 radical (unpaired) electrons. The second kappa shape index (κ2) is 5.75. The third-order valence-corrected chi connectivity index (χ3v) is 5.19. The van der Waals surface area contributed by atoms with Gasteiger partial charge in [-0.25, -0.2) is 0 Å². The molecule has 130 valence electrons. The van der Waals surface area contributed by atoms with E-state index in [1.54, 1.807) is 12.1 Å². The van der Waals surface area contributed by atoms with E-state index in [9.17, 15) is 18.1 Å². The number of phenolic OH excluding ortho intramolecular Hbond substituents is 1. The lowest BCUT2D eigenvalue weighted by Crippen LogP contribution is -2.00. The molecule has 25 heavy (non-hydrogen) atoms. The predicted molar refractivity (Wildman–Crippen MR) is 99.5 cm³/mol. The molecule has 0 bridgehead atoms. The molecule has 0 aliphatic heterocycles. The monoisotopic (exact) mass is 357 g/mol. The van der Waals surface area contributed by atoms with Crippen LogP contribution >= 0.6 is 0 Å². The topological polar surface area (TPSA) is 101 Å². The minimum Gasteiger partial charge on any atom is -0.507 e. The number of rotatable bonds is 2. The van der Waals surface area contributed by atoms with Crippen LogP contribution in [0.1, 0.15) is 16.7 Å². The average molecular weight is 357 g/mol. The number of aromatic hydroxyl groups is 1. The Morgan fingerprint density at radius 1 is 0.960 bits per heavy atom. The van der Waals surface area contributed by atoms with Crippen molar-refractivity contribution in [1.29, 1.82) is 0 Å². The minimum absolute atomic E-state index is 0.285. The van der Waals surface area contributed by atoms with E-state index in [4.69, 9.17) is 5.73 Å². The van der Waals surface area contributed by atoms with E-state index in [1.807, 2.05) is 20.8 Å². The molecule has 6 heteroatoms. The highest BCUT2D eigenvalue weighted by Crippen LogP contribution is 2.40. The summed E-state index contributed by atoms with van der Waals surface area (Å²) < 4.78 is 31.9. The lowest BCUT2D eigenvalue weighted by atomic mass is 9.91. The number of hydrogen-bond acceptors (Lipinski definition) is 4. The quantitative estimate of drug-likeness (QED) is 0.476. The van der Waals surface area contributed by atoms with Crippen molar-refractivity contribution in [3.05, 3.63) is 53.1 Å². The smallest absolute Gasteiger partial charge is 0.294 e. The Balaban J connectivity index is 2.35. The molecular weight excluding hydrogens is 338 g/mol. The Morgan fingerprint density at radius 3 is 2.12 bits per heavy atom. The fraction of sp³-hybridized carbons (Fsp3) is 0.158. The fourth-order valence-electron chi connectivity index (χ4n) is 3.42. The fourth-order valence-corrected chi connectivity index (χ4v) is 3.95. The zero-order valence-corrected chi connectivity index (χ0v) is 15.0. The molecule has 0 fully saturated rings. The van der Waals surface area contributed by atoms with E-state index in [-0.39, 0.29) is 10.6 Å². The second-order valence-corrected chi connectivity index (χ2v) is 7.74. The summed E-state index contributed by atoms with van der Waals surface area (Å²) in [6.07, 6.45) is 0. The molecule has 5 nitrogen and oxygen atoms in total. The second-order valence-electron chi connectivity index (χ2n) is 6.32. The molecular formula is C19H19NO4S. The van der Waals surface area contributed by atoms with Crippen molar-refractivity contribution in [2.75, 3.05) is 5.73 Å². The number of aryl methyl sites for hydroxylation is 3. The van der Waals surface area contributed by atoms with Crippen molar-refractivity contribution in [2.45, 2.75) is 25.7 Å². The first kappa shape index (κ1) is 17.3. The summed E-state index contributed by atoms with van der Waals surface area (Å²) in [5.41, 5.74) is 11.7. The Labute approximate surface area is 146 Å². The van der Waals surface area contributed by atoms with Crippen LogP contribution in [0.15, 0.2) is 41.3 Å². The highest BCUT2D eigenvalue weighted by Gasteiger charge is 2.18. The van der Waals surface area contributed by atoms with Crippen LogP contribution < -0.4 is 5.73 Å². The first-order valence-corrected chi connectivity index (χ1v) is 9.14. The summed E-state index contributed by atoms with van der Waals surface area (Å²) in [6.45, 7) is 6.02. The molecule has 3 rings (SSSR count). The van der Waals surface area contributed by atoms with Gasteiger partial charge in [0.25, 0.3) is 10.1 Å². The summed E-state index contributed by atoms with van der Waals surface area (Å²) in [5, 5.41) is 11.1. The van der Waals surface area contributed by atoms with Gasteiger partial charge in [0.2, 0.25) is 0 Å². The number of fused-ring (bicyclic) bond motifs is 1. The Bertz CT molecular complexity index is 1090. The summed E-state index contributed by atoms with van der Waals surface area (Å²) in [5.74, 6) is -0.285. The molecule has 0 saturated heterocycles. The molecule has 0 saturated carbocycles. The zero-order valence-electron chi connectivity index (χ0n) is 14.2. The molecule has 0 heterocycles. The van der Waals surface area contributed by atoms with Crippen LogP contribution in [0.25, 0.3) is 21.9 Å². The summed E-state index contributed by atoms with van der Waals surface area (Å²) >= 11 is 0. The molecule has 0 atom stereocenters. The van der Waals surface area contributed by atoms with E-state index in [0.29, 0.717) is 16.5 Å². The Hall–Kier alpha value is -2.57. The van der Waals surface area contributed by atoms with Gasteiger partial charge in [0.15, 0.2) is 0 Å². The van der Waals surface area contributed by atoms with Gasteiger partial charge in [-0.1, -0.05) is 29.8 Å². The summed E-state index contributed by atoms with van der Waals surface area (Å²) in [7, 11) is -4.41. The van der Waals surface area contributed by atoms with Crippen LogP contribution in [-0.4, -0.2) is 18.1 Å². The first-order chi connectivity index (χ1) is 11.6. The molecule has 0 aromatic heterocycles. The zero-order chi connectivity index (χ0) is 18.5. The molecule has 0 aliphatic rings. The van der Waals surface area contributed by atoms with Gasteiger partial charge in [0.1, 0.15) is 5.75 Å². The molecule has 0 spiro atoms. The summed E-state index contributed by atoms with van der Waals surface area (Å²) in [6, 6.07) is 9.91. The van der Waals surface area contributed by atoms with Gasteiger partial charge in [-0.05, 0) is 48.9 Å². The number of phenols is 1. The normalized spacial score (nSPS) is 11.8. The lowest BCUT2D eigenvalue weighted by Gasteiger charge is -2.16. The van der Waals surface area contributed by atoms with Crippen molar-refractivity contribution < 1.29 is 18.1 Å². The van der Waals surface area contributed by atoms with Crippen molar-refractivity contribution in [3.63, 3.8) is 0 Å². The maximum atomic E-state index is 11.3. The Morgan fingerprint density at radius 2 is 1.56 bits per heavy atom. The molecule has 0 amide bonds. The minimum atomic E-state index is -4.41. The van der Waals surface area contributed by atoms with E-state index in [1.165, 1.54) is 6.07 Å². The van der Waals surface area contributed by atoms with Crippen LogP contribution in [0.3, 0.4) is 0 Å². The van der Waals surface area contributed by atoms with Crippen molar-refractivity contribution >= 4 is 26.6 Å². The number of anilines is 1. The van der Waals surface area contributed by atoms with E-state index >= 15 is 0 Å².